The molecule has 126 valence electrons. The normalized spacial score (nSPS) is 12.7. The molecule has 0 saturated carbocycles. The largest absolute Gasteiger partial charge is 0.481 e. The molecule has 2 heterocycles. The van der Waals surface area contributed by atoms with Gasteiger partial charge in [0.25, 0.3) is 10.1 Å². The summed E-state index contributed by atoms with van der Waals surface area (Å²) in [6.45, 7) is 3.26. The molecule has 8 nitrogen and oxygen atoms in total. The Morgan fingerprint density at radius 3 is 2.70 bits per heavy atom. The molecule has 0 radical (unpaired) electrons. The fourth-order valence-electron chi connectivity index (χ4n) is 1.93. The van der Waals surface area contributed by atoms with Crippen LogP contribution in [-0.2, 0) is 30.9 Å². The SMILES string of the molecule is CC(C)(C(=O)O)c1cn2nc(CCCOS(C)(=O)=O)ccc2n1. The van der Waals surface area contributed by atoms with E-state index in [0.29, 0.717) is 24.2 Å². The van der Waals surface area contributed by atoms with Gasteiger partial charge in [0.1, 0.15) is 5.41 Å². The van der Waals surface area contributed by atoms with Crippen molar-refractivity contribution in [2.24, 2.45) is 0 Å². The minimum Gasteiger partial charge on any atom is -0.481 e. The van der Waals surface area contributed by atoms with Crippen molar-refractivity contribution in [1.29, 1.82) is 0 Å². The fourth-order valence-corrected chi connectivity index (χ4v) is 2.35. The molecule has 0 aliphatic rings. The van der Waals surface area contributed by atoms with Crippen LogP contribution in [0.1, 0.15) is 31.7 Å². The topological polar surface area (TPSA) is 111 Å². The van der Waals surface area contributed by atoms with Crippen molar-refractivity contribution in [2.75, 3.05) is 12.9 Å². The second kappa shape index (κ2) is 6.25. The molecule has 0 fully saturated rings. The summed E-state index contributed by atoms with van der Waals surface area (Å²) < 4.78 is 28.0. The third-order valence-electron chi connectivity index (χ3n) is 3.42. The molecule has 2 aromatic heterocycles. The van der Waals surface area contributed by atoms with Gasteiger partial charge in [-0.15, -0.1) is 0 Å². The van der Waals surface area contributed by atoms with Gasteiger partial charge in [-0.25, -0.2) is 9.50 Å². The lowest BCUT2D eigenvalue weighted by molar-refractivity contribution is -0.142. The zero-order chi connectivity index (χ0) is 17.3. The summed E-state index contributed by atoms with van der Waals surface area (Å²) in [7, 11) is -3.43. The predicted molar refractivity (Wildman–Crippen MR) is 82.8 cm³/mol. The van der Waals surface area contributed by atoms with E-state index in [1.165, 1.54) is 4.52 Å². The second-order valence-electron chi connectivity index (χ2n) is 5.81. The lowest BCUT2D eigenvalue weighted by Crippen LogP contribution is -2.28. The van der Waals surface area contributed by atoms with Crippen molar-refractivity contribution in [3.05, 3.63) is 29.7 Å². The summed E-state index contributed by atoms with van der Waals surface area (Å²) in [6.07, 6.45) is 3.66. The number of aromatic nitrogens is 3. The quantitative estimate of drug-likeness (QED) is 0.591. The van der Waals surface area contributed by atoms with Crippen molar-refractivity contribution in [2.45, 2.75) is 32.1 Å². The summed E-state index contributed by atoms with van der Waals surface area (Å²) in [5.41, 5.74) is 0.629. The average Bonchev–Trinajstić information content (AvgIpc) is 2.86. The number of rotatable bonds is 7. The van der Waals surface area contributed by atoms with Gasteiger partial charge in [0.2, 0.25) is 0 Å². The van der Waals surface area contributed by atoms with Gasteiger partial charge in [0.05, 0.1) is 30.4 Å². The molecule has 23 heavy (non-hydrogen) atoms. The van der Waals surface area contributed by atoms with Gasteiger partial charge in [-0.05, 0) is 38.8 Å². The van der Waals surface area contributed by atoms with Crippen LogP contribution in [0.2, 0.25) is 0 Å². The predicted octanol–water partition coefficient (Wildman–Crippen LogP) is 1.00. The van der Waals surface area contributed by atoms with Crippen LogP contribution < -0.4 is 0 Å². The van der Waals surface area contributed by atoms with Crippen molar-refractivity contribution >= 4 is 21.7 Å². The maximum absolute atomic E-state index is 11.3. The van der Waals surface area contributed by atoms with E-state index in [1.54, 1.807) is 32.2 Å². The van der Waals surface area contributed by atoms with Crippen LogP contribution >= 0.6 is 0 Å². The number of carboxylic acids is 1. The van der Waals surface area contributed by atoms with Crippen LogP contribution in [0.25, 0.3) is 5.65 Å². The number of carboxylic acid groups (broad SMARTS) is 1. The molecule has 1 N–H and O–H groups in total. The summed E-state index contributed by atoms with van der Waals surface area (Å²) in [5.74, 6) is -0.959. The highest BCUT2D eigenvalue weighted by molar-refractivity contribution is 7.85. The van der Waals surface area contributed by atoms with E-state index < -0.39 is 21.5 Å². The molecule has 2 aromatic rings. The molecule has 2 rings (SSSR count). The van der Waals surface area contributed by atoms with Gasteiger partial charge >= 0.3 is 5.97 Å². The molecule has 0 aliphatic carbocycles. The molecule has 0 amide bonds. The first-order valence-electron chi connectivity index (χ1n) is 7.03. The average molecular weight is 341 g/mol. The number of nitrogens with zero attached hydrogens (tertiary/aromatic N) is 3. The van der Waals surface area contributed by atoms with Gasteiger partial charge in [0.15, 0.2) is 5.65 Å². The van der Waals surface area contributed by atoms with Crippen LogP contribution in [-0.4, -0.2) is 47.0 Å². The van der Waals surface area contributed by atoms with Crippen LogP contribution in [0, 0.1) is 0 Å². The van der Waals surface area contributed by atoms with Gasteiger partial charge in [-0.3, -0.25) is 8.98 Å². The number of imidazole rings is 1. The molecule has 0 atom stereocenters. The van der Waals surface area contributed by atoms with E-state index in [1.807, 2.05) is 0 Å². The van der Waals surface area contributed by atoms with Gasteiger partial charge in [-0.2, -0.15) is 13.5 Å². The van der Waals surface area contributed by atoms with E-state index in [9.17, 15) is 18.3 Å². The van der Waals surface area contributed by atoms with Crippen molar-refractivity contribution in [3.8, 4) is 0 Å². The lowest BCUT2D eigenvalue weighted by atomic mass is 9.90. The maximum atomic E-state index is 11.3. The highest BCUT2D eigenvalue weighted by Crippen LogP contribution is 2.22. The number of hydrogen-bond acceptors (Lipinski definition) is 6. The van der Waals surface area contributed by atoms with E-state index in [0.717, 1.165) is 11.9 Å². The Morgan fingerprint density at radius 1 is 1.39 bits per heavy atom. The molecule has 0 saturated heterocycles. The number of fused-ring (bicyclic) bond motifs is 1. The van der Waals surface area contributed by atoms with Crippen LogP contribution in [0.5, 0.6) is 0 Å². The summed E-state index contributed by atoms with van der Waals surface area (Å²) in [6, 6.07) is 3.53. The smallest absolute Gasteiger partial charge is 0.315 e. The van der Waals surface area contributed by atoms with Gasteiger partial charge in [0, 0.05) is 0 Å². The first kappa shape index (κ1) is 17.4. The zero-order valence-corrected chi connectivity index (χ0v) is 14.0. The minimum atomic E-state index is -3.43. The Labute approximate surface area is 134 Å². The summed E-state index contributed by atoms with van der Waals surface area (Å²) >= 11 is 0. The Morgan fingerprint density at radius 2 is 2.09 bits per heavy atom. The summed E-state index contributed by atoms with van der Waals surface area (Å²) in [5, 5.41) is 13.6. The maximum Gasteiger partial charge on any atom is 0.315 e. The minimum absolute atomic E-state index is 0.0970. The lowest BCUT2D eigenvalue weighted by Gasteiger charge is -2.15. The molecule has 0 unspecified atom stereocenters. The number of hydrogen-bond donors (Lipinski definition) is 1. The highest BCUT2D eigenvalue weighted by atomic mass is 32.2. The number of aliphatic carboxylic acids is 1. The standard InChI is InChI=1S/C14H19N3O5S/c1-14(2,13(18)19)11-9-17-12(15-11)7-6-10(16-17)5-4-8-22-23(3,20)21/h6-7,9H,4-5,8H2,1-3H3,(H,18,19). The zero-order valence-electron chi connectivity index (χ0n) is 13.2. The molecule has 0 bridgehead atoms. The molecule has 0 aliphatic heterocycles. The van der Waals surface area contributed by atoms with Crippen LogP contribution in [0.3, 0.4) is 0 Å². The number of carbonyl (C=O) groups is 1. The molecule has 0 spiro atoms. The van der Waals surface area contributed by atoms with E-state index in [-0.39, 0.29) is 6.61 Å². The third-order valence-corrected chi connectivity index (χ3v) is 4.02. The fraction of sp³-hybridized carbons (Fsp3) is 0.500. The number of aryl methyl sites for hydroxylation is 1. The Hall–Kier alpha value is -2.00. The van der Waals surface area contributed by atoms with E-state index in [4.69, 9.17) is 0 Å². The Kier molecular flexibility index (Phi) is 4.71. The third kappa shape index (κ3) is 4.26. The van der Waals surface area contributed by atoms with Crippen molar-refractivity contribution in [1.82, 2.24) is 14.6 Å². The molecule has 9 heteroatoms. The second-order valence-corrected chi connectivity index (χ2v) is 7.46. The first-order valence-corrected chi connectivity index (χ1v) is 8.85. The van der Waals surface area contributed by atoms with Crippen molar-refractivity contribution in [3.63, 3.8) is 0 Å². The van der Waals surface area contributed by atoms with Crippen LogP contribution in [0.15, 0.2) is 18.3 Å². The monoisotopic (exact) mass is 341 g/mol. The first-order chi connectivity index (χ1) is 10.6. The Bertz CT molecular complexity index is 826. The van der Waals surface area contributed by atoms with Crippen molar-refractivity contribution < 1.29 is 22.5 Å². The highest BCUT2D eigenvalue weighted by Gasteiger charge is 2.32. The molecular weight excluding hydrogens is 322 g/mol. The van der Waals surface area contributed by atoms with Gasteiger partial charge < -0.3 is 5.11 Å². The van der Waals surface area contributed by atoms with E-state index in [2.05, 4.69) is 14.3 Å². The van der Waals surface area contributed by atoms with Gasteiger partial charge in [-0.1, -0.05) is 0 Å². The van der Waals surface area contributed by atoms with Crippen LogP contribution in [0.4, 0.5) is 0 Å². The molecule has 0 aromatic carbocycles. The summed E-state index contributed by atoms with van der Waals surface area (Å²) in [4.78, 5) is 15.6. The molecular formula is C14H19N3O5S. The van der Waals surface area contributed by atoms with E-state index >= 15 is 0 Å². The Balaban J connectivity index is 2.12.